The number of carbonyl (C=O) groups excluding carboxylic acids is 5. The van der Waals surface area contributed by atoms with Crippen molar-refractivity contribution in [3.05, 3.63) is 23.8 Å². The molecule has 47 heavy (non-hydrogen) atoms. The molecule has 0 aromatic heterocycles. The van der Waals surface area contributed by atoms with Crippen LogP contribution in [0.25, 0.3) is 0 Å². The Labute approximate surface area is 274 Å². The van der Waals surface area contributed by atoms with Gasteiger partial charge in [0.05, 0.1) is 0 Å². The quantitative estimate of drug-likeness (QED) is 0.114. The SMILES string of the molecule is CCCCCCCC(=O)O[C@H]1[C@H](O)/C(C)=C\[C@H]2OC(=O)[C@@]3(C)O[C@@]23C(OC(C)=O)[C@@H]2[C@@](C)(O)[C@@H](OC(C)=O)C=C[C@@]2(C)[C@@H]1OC(C)=O. The average Bonchev–Trinajstić information content (AvgIpc) is 3.55. The number of rotatable bonds is 10. The second-order valence-corrected chi connectivity index (χ2v) is 13.7. The van der Waals surface area contributed by atoms with Crippen LogP contribution in [0.5, 0.6) is 0 Å². The average molecular weight is 665 g/mol. The lowest BCUT2D eigenvalue weighted by Crippen LogP contribution is -2.69. The van der Waals surface area contributed by atoms with Gasteiger partial charge in [0.15, 0.2) is 29.5 Å². The third kappa shape index (κ3) is 6.46. The fourth-order valence-electron chi connectivity index (χ4n) is 7.73. The molecule has 1 spiro atoms. The molecule has 2 aliphatic heterocycles. The van der Waals surface area contributed by atoms with Gasteiger partial charge in [0.1, 0.15) is 23.9 Å². The number of hydrogen-bond acceptors (Lipinski definition) is 13. The number of aliphatic hydroxyl groups is 2. The van der Waals surface area contributed by atoms with Crippen molar-refractivity contribution in [2.75, 3.05) is 0 Å². The van der Waals surface area contributed by atoms with Gasteiger partial charge in [-0.05, 0) is 44.9 Å². The molecule has 4 aliphatic rings. The zero-order valence-corrected chi connectivity index (χ0v) is 28.4. The van der Waals surface area contributed by atoms with Crippen LogP contribution in [0.15, 0.2) is 23.8 Å². The number of fused-ring (bicyclic) bond motifs is 1. The number of esters is 5. The van der Waals surface area contributed by atoms with E-state index in [4.69, 9.17) is 28.4 Å². The predicted octanol–water partition coefficient (Wildman–Crippen LogP) is 2.77. The Balaban J connectivity index is 1.96. The Bertz CT molecular complexity index is 1330. The maximum absolute atomic E-state index is 13.3. The minimum absolute atomic E-state index is 0.0380. The lowest BCUT2D eigenvalue weighted by Gasteiger charge is -2.56. The number of unbranched alkanes of at least 4 members (excludes halogenated alkanes) is 4. The minimum atomic E-state index is -2.10. The Hall–Kier alpha value is -3.29. The smallest absolute Gasteiger partial charge is 0.342 e. The van der Waals surface area contributed by atoms with Gasteiger partial charge < -0.3 is 38.6 Å². The van der Waals surface area contributed by atoms with E-state index in [1.54, 1.807) is 6.92 Å². The second-order valence-electron chi connectivity index (χ2n) is 13.7. The van der Waals surface area contributed by atoms with E-state index in [2.05, 4.69) is 6.92 Å². The zero-order valence-electron chi connectivity index (χ0n) is 28.4. The van der Waals surface area contributed by atoms with Gasteiger partial charge in [-0.25, -0.2) is 4.79 Å². The molecule has 0 aromatic rings. The highest BCUT2D eigenvalue weighted by molar-refractivity contribution is 5.89. The summed E-state index contributed by atoms with van der Waals surface area (Å²) >= 11 is 0. The summed E-state index contributed by atoms with van der Waals surface area (Å²) in [5.41, 5.74) is -6.86. The first-order valence-corrected chi connectivity index (χ1v) is 16.3. The zero-order chi connectivity index (χ0) is 35.1. The molecule has 0 amide bonds. The molecule has 2 fully saturated rings. The summed E-state index contributed by atoms with van der Waals surface area (Å²) in [6, 6.07) is 0. The maximum Gasteiger partial charge on any atom is 0.342 e. The summed E-state index contributed by atoms with van der Waals surface area (Å²) in [4.78, 5) is 64.3. The summed E-state index contributed by atoms with van der Waals surface area (Å²) in [7, 11) is 0. The van der Waals surface area contributed by atoms with Crippen LogP contribution < -0.4 is 0 Å². The van der Waals surface area contributed by atoms with Crippen LogP contribution in [0.1, 0.15) is 93.9 Å². The Morgan fingerprint density at radius 3 is 2.06 bits per heavy atom. The van der Waals surface area contributed by atoms with Crippen LogP contribution in [0.2, 0.25) is 0 Å². The summed E-state index contributed by atoms with van der Waals surface area (Å²) < 4.78 is 35.2. The molecule has 0 bridgehead atoms. The van der Waals surface area contributed by atoms with Crippen LogP contribution >= 0.6 is 0 Å². The van der Waals surface area contributed by atoms with Crippen molar-refractivity contribution in [2.45, 2.75) is 147 Å². The molecular weight excluding hydrogens is 616 g/mol. The van der Waals surface area contributed by atoms with Gasteiger partial charge >= 0.3 is 29.8 Å². The number of epoxide rings is 1. The van der Waals surface area contributed by atoms with Gasteiger partial charge in [0, 0.05) is 38.5 Å². The number of ether oxygens (including phenoxy) is 6. The van der Waals surface area contributed by atoms with E-state index < -0.39 is 94.6 Å². The molecule has 0 radical (unpaired) electrons. The van der Waals surface area contributed by atoms with E-state index in [0.29, 0.717) is 6.42 Å². The van der Waals surface area contributed by atoms with E-state index in [-0.39, 0.29) is 12.0 Å². The highest BCUT2D eigenvalue weighted by Crippen LogP contribution is 2.65. The Morgan fingerprint density at radius 2 is 1.49 bits per heavy atom. The molecule has 4 rings (SSSR count). The Kier molecular flexibility index (Phi) is 10.4. The summed E-state index contributed by atoms with van der Waals surface area (Å²) in [5, 5.41) is 24.2. The molecule has 1 unspecified atom stereocenters. The molecule has 2 saturated heterocycles. The lowest BCUT2D eigenvalue weighted by atomic mass is 9.55. The van der Waals surface area contributed by atoms with E-state index >= 15 is 0 Å². The first-order valence-electron chi connectivity index (χ1n) is 16.3. The monoisotopic (exact) mass is 664 g/mol. The van der Waals surface area contributed by atoms with Crippen molar-refractivity contribution in [1.82, 2.24) is 0 Å². The number of aliphatic hydroxyl groups excluding tert-OH is 1. The summed E-state index contributed by atoms with van der Waals surface area (Å²) in [6.45, 7) is 11.5. The number of carbonyl (C=O) groups is 5. The van der Waals surface area contributed by atoms with Gasteiger partial charge in [0.2, 0.25) is 0 Å². The standard InChI is InChI=1S/C34H48O13/c1-9-10-11-12-13-14-24(38)46-26-25(39)18(2)17-23-34(33(8,47-34)30(40)45-23)29(44-21(5)37)27-31(6,28(26)43-20(4)36)16-15-22(32(27,7)41)42-19(3)35/h15-17,22-23,25-29,39,41H,9-14H2,1-8H3/b18-17-/t22-,23+,25+,26-,27-,28+,29?,31+,32-,33+,34+/m0/s1. The largest absolute Gasteiger partial charge is 0.459 e. The Morgan fingerprint density at radius 1 is 0.894 bits per heavy atom. The van der Waals surface area contributed by atoms with Gasteiger partial charge in [-0.3, -0.25) is 19.2 Å². The topological polar surface area (TPSA) is 184 Å². The minimum Gasteiger partial charge on any atom is -0.459 e. The van der Waals surface area contributed by atoms with Crippen molar-refractivity contribution < 1.29 is 62.6 Å². The van der Waals surface area contributed by atoms with Crippen LogP contribution in [0, 0.1) is 11.3 Å². The normalized spacial score (nSPS) is 41.5. The van der Waals surface area contributed by atoms with Gasteiger partial charge in [-0.15, -0.1) is 0 Å². The molecular formula is C34H48O13. The highest BCUT2D eigenvalue weighted by atomic mass is 16.7. The van der Waals surface area contributed by atoms with Crippen LogP contribution in [0.4, 0.5) is 0 Å². The van der Waals surface area contributed by atoms with Gasteiger partial charge in [0.25, 0.3) is 0 Å². The van der Waals surface area contributed by atoms with Crippen LogP contribution in [-0.2, 0) is 52.4 Å². The molecule has 2 heterocycles. The van der Waals surface area contributed by atoms with E-state index in [0.717, 1.165) is 46.5 Å². The highest BCUT2D eigenvalue weighted by Gasteiger charge is 2.88. The first kappa shape index (κ1) is 36.5. The molecule has 0 aromatic carbocycles. The predicted molar refractivity (Wildman–Crippen MR) is 163 cm³/mol. The molecule has 0 saturated carbocycles. The molecule has 2 aliphatic carbocycles. The third-order valence-electron chi connectivity index (χ3n) is 10.1. The second kappa shape index (κ2) is 13.3. The fourth-order valence-corrected chi connectivity index (χ4v) is 7.73. The molecule has 2 N–H and O–H groups in total. The number of hydrogen-bond donors (Lipinski definition) is 2. The molecule has 262 valence electrons. The van der Waals surface area contributed by atoms with Crippen molar-refractivity contribution in [2.24, 2.45) is 11.3 Å². The maximum atomic E-state index is 13.3. The molecule has 11 atom stereocenters. The van der Waals surface area contributed by atoms with Gasteiger partial charge in [-0.1, -0.05) is 45.6 Å². The summed E-state index contributed by atoms with van der Waals surface area (Å²) in [5.74, 6) is -5.08. The third-order valence-corrected chi connectivity index (χ3v) is 10.1. The fraction of sp³-hybridized carbons (Fsp3) is 0.735. The molecule has 13 heteroatoms. The van der Waals surface area contributed by atoms with Crippen molar-refractivity contribution in [3.8, 4) is 0 Å². The van der Waals surface area contributed by atoms with Crippen LogP contribution in [0.3, 0.4) is 0 Å². The van der Waals surface area contributed by atoms with E-state index in [1.807, 2.05) is 0 Å². The lowest BCUT2D eigenvalue weighted by molar-refractivity contribution is -0.232. The van der Waals surface area contributed by atoms with Crippen molar-refractivity contribution in [1.29, 1.82) is 0 Å². The van der Waals surface area contributed by atoms with Crippen molar-refractivity contribution in [3.63, 3.8) is 0 Å². The first-order chi connectivity index (χ1) is 21.9. The molecule has 13 nitrogen and oxygen atoms in total. The van der Waals surface area contributed by atoms with Crippen LogP contribution in [-0.4, -0.2) is 93.5 Å². The van der Waals surface area contributed by atoms with Crippen molar-refractivity contribution >= 4 is 29.8 Å². The summed E-state index contributed by atoms with van der Waals surface area (Å²) in [6.07, 6.45) is 0.0827. The van der Waals surface area contributed by atoms with E-state index in [1.165, 1.54) is 39.0 Å². The van der Waals surface area contributed by atoms with Gasteiger partial charge in [-0.2, -0.15) is 0 Å². The van der Waals surface area contributed by atoms with E-state index in [9.17, 15) is 34.2 Å².